The molecular weight excluding hydrogens is 443 g/mol. The summed E-state index contributed by atoms with van der Waals surface area (Å²) in [6.07, 6.45) is 10.2. The Bertz CT molecular complexity index is 1290. The minimum Gasteiger partial charge on any atom is -0.495 e. The molecular formula is C28H29FN4O2. The number of rotatable bonds is 5. The first kappa shape index (κ1) is 21.9. The van der Waals surface area contributed by atoms with Gasteiger partial charge in [0, 0.05) is 12.7 Å². The third-order valence-corrected chi connectivity index (χ3v) is 7.17. The van der Waals surface area contributed by atoms with E-state index < -0.39 is 0 Å². The number of nitrogens with zero attached hydrogens (tertiary/aromatic N) is 4. The molecule has 2 aliphatic heterocycles. The van der Waals surface area contributed by atoms with Crippen molar-refractivity contribution in [3.8, 4) is 11.4 Å². The predicted molar refractivity (Wildman–Crippen MR) is 133 cm³/mol. The highest BCUT2D eigenvalue weighted by molar-refractivity contribution is 6.03. The molecule has 2 atom stereocenters. The van der Waals surface area contributed by atoms with Crippen LogP contribution in [0, 0.1) is 18.7 Å². The molecule has 0 amide bonds. The number of amidine groups is 1. The lowest BCUT2D eigenvalue weighted by Gasteiger charge is -2.44. The van der Waals surface area contributed by atoms with Crippen LogP contribution in [-0.4, -0.2) is 40.0 Å². The second-order valence-electron chi connectivity index (χ2n) is 9.64. The van der Waals surface area contributed by atoms with E-state index in [0.717, 1.165) is 53.5 Å². The fourth-order valence-corrected chi connectivity index (χ4v) is 5.31. The summed E-state index contributed by atoms with van der Waals surface area (Å²) in [4.78, 5) is 12.9. The Morgan fingerprint density at radius 3 is 2.69 bits per heavy atom. The van der Waals surface area contributed by atoms with Crippen LogP contribution in [0.5, 0.6) is 5.75 Å². The highest BCUT2D eigenvalue weighted by Gasteiger charge is 2.47. The average molecular weight is 473 g/mol. The number of piperidine rings is 1. The summed E-state index contributed by atoms with van der Waals surface area (Å²) in [5, 5.41) is 4.62. The molecule has 2 aromatic carbocycles. The number of fused-ring (bicyclic) bond motifs is 1. The molecule has 1 saturated carbocycles. The summed E-state index contributed by atoms with van der Waals surface area (Å²) >= 11 is 0. The molecule has 2 fully saturated rings. The first-order valence-electron chi connectivity index (χ1n) is 12.3. The van der Waals surface area contributed by atoms with E-state index in [1.54, 1.807) is 13.4 Å². The van der Waals surface area contributed by atoms with Crippen LogP contribution < -0.4 is 4.74 Å². The largest absolute Gasteiger partial charge is 0.495 e. The molecule has 35 heavy (non-hydrogen) atoms. The number of methoxy groups -OCH3 is 1. The number of hydrogen-bond acceptors (Lipinski definition) is 5. The van der Waals surface area contributed by atoms with E-state index in [1.165, 1.54) is 30.5 Å². The Balaban J connectivity index is 1.32. The topological polar surface area (TPSA) is 51.9 Å². The number of hydrogen-bond donors (Lipinski definition) is 0. The molecule has 6 nitrogen and oxygen atoms in total. The third-order valence-electron chi connectivity index (χ3n) is 7.17. The molecule has 1 aromatic heterocycles. The molecule has 1 saturated heterocycles. The van der Waals surface area contributed by atoms with Crippen molar-refractivity contribution in [3.63, 3.8) is 0 Å². The third kappa shape index (κ3) is 4.20. The van der Waals surface area contributed by atoms with Gasteiger partial charge < -0.3 is 19.0 Å². The lowest BCUT2D eigenvalue weighted by atomic mass is 9.91. The predicted octanol–water partition coefficient (Wildman–Crippen LogP) is 5.67. The minimum absolute atomic E-state index is 0.177. The van der Waals surface area contributed by atoms with Crippen LogP contribution in [-0.2, 0) is 4.84 Å². The van der Waals surface area contributed by atoms with Crippen LogP contribution in [0.25, 0.3) is 11.8 Å². The highest BCUT2D eigenvalue weighted by Crippen LogP contribution is 2.46. The van der Waals surface area contributed by atoms with E-state index in [2.05, 4.69) is 39.3 Å². The number of halogens is 1. The molecule has 0 unspecified atom stereocenters. The van der Waals surface area contributed by atoms with E-state index in [0.29, 0.717) is 5.92 Å². The molecule has 0 spiro atoms. The van der Waals surface area contributed by atoms with Gasteiger partial charge in [-0.2, -0.15) is 0 Å². The maximum Gasteiger partial charge on any atom is 0.173 e. The van der Waals surface area contributed by atoms with Crippen molar-refractivity contribution in [1.29, 1.82) is 0 Å². The molecule has 0 radical (unpaired) electrons. The first-order chi connectivity index (χ1) is 17.1. The van der Waals surface area contributed by atoms with Crippen molar-refractivity contribution in [2.45, 2.75) is 44.8 Å². The lowest BCUT2D eigenvalue weighted by molar-refractivity contribution is -0.0293. The Morgan fingerprint density at radius 1 is 1.14 bits per heavy atom. The van der Waals surface area contributed by atoms with Crippen molar-refractivity contribution in [2.24, 2.45) is 11.1 Å². The maximum atomic E-state index is 13.5. The van der Waals surface area contributed by atoms with Gasteiger partial charge in [-0.15, -0.1) is 0 Å². The van der Waals surface area contributed by atoms with Gasteiger partial charge in [-0.05, 0) is 85.6 Å². The number of oxime groups is 1. The molecule has 0 N–H and O–H groups in total. The maximum absolute atomic E-state index is 13.5. The molecule has 3 aromatic rings. The van der Waals surface area contributed by atoms with E-state index >= 15 is 0 Å². The smallest absolute Gasteiger partial charge is 0.173 e. The Hall–Kier alpha value is -3.61. The zero-order chi connectivity index (χ0) is 23.9. The molecule has 1 aliphatic carbocycles. The fraction of sp³-hybridized carbons (Fsp3) is 0.357. The molecule has 3 heterocycles. The molecule has 3 aliphatic rings. The van der Waals surface area contributed by atoms with Crippen molar-refractivity contribution < 1.29 is 14.0 Å². The minimum atomic E-state index is -0.232. The van der Waals surface area contributed by atoms with Crippen molar-refractivity contribution >= 4 is 11.9 Å². The summed E-state index contributed by atoms with van der Waals surface area (Å²) in [6, 6.07) is 13.1. The molecule has 7 heteroatoms. The van der Waals surface area contributed by atoms with Gasteiger partial charge in [-0.3, -0.25) is 0 Å². The molecule has 0 bridgehead atoms. The zero-order valence-electron chi connectivity index (χ0n) is 20.0. The zero-order valence-corrected chi connectivity index (χ0v) is 20.0. The van der Waals surface area contributed by atoms with Gasteiger partial charge in [-0.25, -0.2) is 9.37 Å². The SMILES string of the molecule is COc1cc(/C=C2\CCCN3C2=NO[C@H](c2ccc(F)cc2)[C@@H]3C2CC2)ccc1-n1cnc(C)c1. The van der Waals surface area contributed by atoms with Crippen LogP contribution in [0.2, 0.25) is 0 Å². The fourth-order valence-electron chi connectivity index (χ4n) is 5.31. The van der Waals surface area contributed by atoms with Crippen LogP contribution >= 0.6 is 0 Å². The number of aromatic nitrogens is 2. The van der Waals surface area contributed by atoms with E-state index in [9.17, 15) is 4.39 Å². The van der Waals surface area contributed by atoms with Gasteiger partial charge >= 0.3 is 0 Å². The number of aryl methyl sites for hydroxylation is 1. The summed E-state index contributed by atoms with van der Waals surface area (Å²) < 4.78 is 21.2. The second-order valence-corrected chi connectivity index (χ2v) is 9.64. The number of benzene rings is 2. The summed E-state index contributed by atoms with van der Waals surface area (Å²) in [7, 11) is 1.69. The van der Waals surface area contributed by atoms with Gasteiger partial charge in [0.05, 0.1) is 30.9 Å². The normalized spacial score (nSPS) is 23.0. The number of imidazole rings is 1. The summed E-state index contributed by atoms with van der Waals surface area (Å²) in [6.45, 7) is 2.93. The van der Waals surface area contributed by atoms with Gasteiger partial charge in [0.2, 0.25) is 0 Å². The van der Waals surface area contributed by atoms with Crippen molar-refractivity contribution in [1.82, 2.24) is 14.5 Å². The average Bonchev–Trinajstić information content (AvgIpc) is 3.63. The van der Waals surface area contributed by atoms with Crippen LogP contribution in [0.1, 0.15) is 48.6 Å². The van der Waals surface area contributed by atoms with Crippen LogP contribution in [0.4, 0.5) is 4.39 Å². The van der Waals surface area contributed by atoms with Gasteiger partial charge in [-0.1, -0.05) is 23.4 Å². The summed E-state index contributed by atoms with van der Waals surface area (Å²) in [5.74, 6) is 2.07. The van der Waals surface area contributed by atoms with E-state index in [1.807, 2.05) is 29.8 Å². The Morgan fingerprint density at radius 2 is 1.97 bits per heavy atom. The quantitative estimate of drug-likeness (QED) is 0.480. The Labute approximate surface area is 204 Å². The second kappa shape index (κ2) is 8.87. The van der Waals surface area contributed by atoms with Crippen molar-refractivity contribution in [3.05, 3.63) is 83.2 Å². The standard InChI is InChI=1S/C28H29FN4O2/c1-18-16-32(17-30-18)24-12-5-19(15-25(24)34-2)14-22-4-3-13-33-26(20-6-7-20)27(35-31-28(22)33)21-8-10-23(29)11-9-21/h5,8-12,14-17,20,26-27H,3-4,6-7,13H2,1-2H3/b22-14+/t26-,27+/m0/s1. The van der Waals surface area contributed by atoms with E-state index in [4.69, 9.17) is 9.57 Å². The van der Waals surface area contributed by atoms with Gasteiger partial charge in [0.1, 0.15) is 11.6 Å². The van der Waals surface area contributed by atoms with Crippen molar-refractivity contribution in [2.75, 3.05) is 13.7 Å². The van der Waals surface area contributed by atoms with Gasteiger partial charge in [0.25, 0.3) is 0 Å². The first-order valence-corrected chi connectivity index (χ1v) is 12.3. The van der Waals surface area contributed by atoms with Gasteiger partial charge in [0.15, 0.2) is 11.9 Å². The lowest BCUT2D eigenvalue weighted by Crippen LogP contribution is -2.51. The molecule has 180 valence electrons. The number of ether oxygens (including phenoxy) is 1. The van der Waals surface area contributed by atoms with E-state index in [-0.39, 0.29) is 18.0 Å². The molecule has 6 rings (SSSR count). The summed E-state index contributed by atoms with van der Waals surface area (Å²) in [5.41, 5.74) is 5.13. The van der Waals surface area contributed by atoms with Crippen LogP contribution in [0.3, 0.4) is 0 Å². The Kier molecular flexibility index (Phi) is 5.55. The highest BCUT2D eigenvalue weighted by atomic mass is 19.1. The van der Waals surface area contributed by atoms with Crippen LogP contribution in [0.15, 0.2) is 65.7 Å². The monoisotopic (exact) mass is 472 g/mol.